The van der Waals surface area contributed by atoms with Crippen LogP contribution in [0.5, 0.6) is 0 Å². The van der Waals surface area contributed by atoms with E-state index in [-0.39, 0.29) is 11.9 Å². The molecule has 1 aliphatic heterocycles. The van der Waals surface area contributed by atoms with E-state index in [9.17, 15) is 9.59 Å². The van der Waals surface area contributed by atoms with Crippen LogP contribution < -0.4 is 10.2 Å². The van der Waals surface area contributed by atoms with Gasteiger partial charge in [0.05, 0.1) is 12.2 Å². The van der Waals surface area contributed by atoms with Crippen molar-refractivity contribution in [1.82, 2.24) is 20.2 Å². The minimum absolute atomic E-state index is 0.0364. The lowest BCUT2D eigenvalue weighted by Crippen LogP contribution is -2.54. The third-order valence-electron chi connectivity index (χ3n) is 4.93. The van der Waals surface area contributed by atoms with E-state index in [0.29, 0.717) is 44.3 Å². The van der Waals surface area contributed by atoms with Gasteiger partial charge in [-0.15, -0.1) is 0 Å². The number of hydrogen-bond donors (Lipinski definition) is 1. The second kappa shape index (κ2) is 10.5. The minimum Gasteiger partial charge on any atom is -0.462 e. The van der Waals surface area contributed by atoms with Gasteiger partial charge < -0.3 is 15.0 Å². The molecule has 1 amide bonds. The highest BCUT2D eigenvalue weighted by molar-refractivity contribution is 5.88. The average Bonchev–Trinajstić information content (AvgIpc) is 2.80. The van der Waals surface area contributed by atoms with Crippen LogP contribution in [0.1, 0.15) is 22.8 Å². The van der Waals surface area contributed by atoms with Crippen molar-refractivity contribution in [3.63, 3.8) is 0 Å². The molecule has 30 heavy (non-hydrogen) atoms. The summed E-state index contributed by atoms with van der Waals surface area (Å²) in [5.74, 6) is 0.109. The molecule has 1 N–H and O–H groups in total. The summed E-state index contributed by atoms with van der Waals surface area (Å²) in [5, 5.41) is 2.75. The highest BCUT2D eigenvalue weighted by atomic mass is 16.5. The van der Waals surface area contributed by atoms with Crippen molar-refractivity contribution in [1.29, 1.82) is 0 Å². The van der Waals surface area contributed by atoms with Crippen LogP contribution in [0.3, 0.4) is 0 Å². The average molecular weight is 409 g/mol. The normalized spacial score (nSPS) is 15.7. The number of likely N-dealkylation sites (N-methyl/N-ethyl adjacent to an activating group) is 1. The largest absolute Gasteiger partial charge is 0.462 e. The molecule has 8 heteroatoms. The fraction of sp³-hybridized carbons (Fsp3) is 0.364. The summed E-state index contributed by atoms with van der Waals surface area (Å²) >= 11 is 0. The van der Waals surface area contributed by atoms with Crippen LogP contribution in [0.4, 0.5) is 5.95 Å². The van der Waals surface area contributed by atoms with Crippen LogP contribution in [0.25, 0.3) is 6.08 Å². The fourth-order valence-corrected chi connectivity index (χ4v) is 3.29. The van der Waals surface area contributed by atoms with Gasteiger partial charge in [-0.2, -0.15) is 0 Å². The maximum Gasteiger partial charge on any atom is 0.341 e. The van der Waals surface area contributed by atoms with E-state index in [1.165, 1.54) is 12.4 Å². The first-order valence-corrected chi connectivity index (χ1v) is 10.1. The van der Waals surface area contributed by atoms with Gasteiger partial charge in [-0.1, -0.05) is 42.5 Å². The summed E-state index contributed by atoms with van der Waals surface area (Å²) in [7, 11) is 1.65. The van der Waals surface area contributed by atoms with E-state index in [1.807, 2.05) is 47.4 Å². The quantitative estimate of drug-likeness (QED) is 0.695. The number of hydrogen-bond acceptors (Lipinski definition) is 7. The third kappa shape index (κ3) is 5.42. The molecule has 0 spiro atoms. The maximum absolute atomic E-state index is 12.5. The number of carbonyl (C=O) groups is 2. The van der Waals surface area contributed by atoms with E-state index in [0.717, 1.165) is 5.56 Å². The van der Waals surface area contributed by atoms with Gasteiger partial charge in [0.15, 0.2) is 0 Å². The molecule has 2 heterocycles. The standard InChI is InChI=1S/C22H27N5O3/c1-3-30-21(29)18-15-24-22(25-16-18)27-13-11-26(12-14-27)19(20(28)23-2)10-9-17-7-5-4-6-8-17/h4-10,15-16,19H,3,11-14H2,1-2H3,(H,23,28)/b10-9+. The van der Waals surface area contributed by atoms with E-state index < -0.39 is 5.97 Å². The Hall–Kier alpha value is -3.26. The Morgan fingerprint density at radius 2 is 1.80 bits per heavy atom. The number of piperazine rings is 1. The van der Waals surface area contributed by atoms with Crippen LogP contribution in [0.2, 0.25) is 0 Å². The second-order valence-electron chi connectivity index (χ2n) is 6.84. The number of anilines is 1. The van der Waals surface area contributed by atoms with Crippen LogP contribution in [0.15, 0.2) is 48.8 Å². The zero-order valence-electron chi connectivity index (χ0n) is 17.3. The van der Waals surface area contributed by atoms with Gasteiger partial charge in [-0.25, -0.2) is 14.8 Å². The summed E-state index contributed by atoms with van der Waals surface area (Å²) in [5.41, 5.74) is 1.39. The molecule has 1 aromatic carbocycles. The monoisotopic (exact) mass is 409 g/mol. The molecular formula is C22H27N5O3. The van der Waals surface area contributed by atoms with E-state index >= 15 is 0 Å². The van der Waals surface area contributed by atoms with Crippen molar-refractivity contribution in [2.24, 2.45) is 0 Å². The lowest BCUT2D eigenvalue weighted by atomic mass is 10.1. The summed E-state index contributed by atoms with van der Waals surface area (Å²) in [6.07, 6.45) is 6.89. The summed E-state index contributed by atoms with van der Waals surface area (Å²) in [6.45, 7) is 4.83. The van der Waals surface area contributed by atoms with Gasteiger partial charge in [0.25, 0.3) is 0 Å². The Morgan fingerprint density at radius 1 is 1.13 bits per heavy atom. The lowest BCUT2D eigenvalue weighted by molar-refractivity contribution is -0.124. The summed E-state index contributed by atoms with van der Waals surface area (Å²) in [4.78, 5) is 37.0. The molecule has 1 aliphatic rings. The third-order valence-corrected chi connectivity index (χ3v) is 4.93. The smallest absolute Gasteiger partial charge is 0.341 e. The van der Waals surface area contributed by atoms with E-state index in [4.69, 9.17) is 4.74 Å². The molecule has 3 rings (SSSR count). The number of carbonyl (C=O) groups excluding carboxylic acids is 2. The molecule has 0 bridgehead atoms. The molecule has 1 atom stereocenters. The molecule has 8 nitrogen and oxygen atoms in total. The van der Waals surface area contributed by atoms with Crippen molar-refractivity contribution in [2.45, 2.75) is 13.0 Å². The molecule has 158 valence electrons. The number of aromatic nitrogens is 2. The first kappa shape index (κ1) is 21.4. The highest BCUT2D eigenvalue weighted by Crippen LogP contribution is 2.15. The van der Waals surface area contributed by atoms with E-state index in [1.54, 1.807) is 14.0 Å². The van der Waals surface area contributed by atoms with Crippen LogP contribution in [-0.4, -0.2) is 72.6 Å². The van der Waals surface area contributed by atoms with Crippen molar-refractivity contribution >= 4 is 23.9 Å². The molecule has 1 fully saturated rings. The van der Waals surface area contributed by atoms with Gasteiger partial charge in [0, 0.05) is 45.6 Å². The van der Waals surface area contributed by atoms with Crippen LogP contribution >= 0.6 is 0 Å². The topological polar surface area (TPSA) is 87.7 Å². The number of esters is 1. The molecular weight excluding hydrogens is 382 g/mol. The maximum atomic E-state index is 12.5. The Labute approximate surface area is 176 Å². The molecule has 0 radical (unpaired) electrons. The number of nitrogens with zero attached hydrogens (tertiary/aromatic N) is 4. The Bertz CT molecular complexity index is 862. The lowest BCUT2D eigenvalue weighted by Gasteiger charge is -2.37. The van der Waals surface area contributed by atoms with Crippen molar-refractivity contribution in [3.8, 4) is 0 Å². The number of benzene rings is 1. The summed E-state index contributed by atoms with van der Waals surface area (Å²) < 4.78 is 4.96. The number of nitrogens with one attached hydrogen (secondary N) is 1. The Balaban J connectivity index is 1.62. The van der Waals surface area contributed by atoms with Crippen molar-refractivity contribution in [3.05, 3.63) is 59.9 Å². The first-order valence-electron chi connectivity index (χ1n) is 10.1. The molecule has 1 saturated heterocycles. The first-order chi connectivity index (χ1) is 14.6. The molecule has 1 aromatic heterocycles. The van der Waals surface area contributed by atoms with Crippen molar-refractivity contribution < 1.29 is 14.3 Å². The predicted octanol–water partition coefficient (Wildman–Crippen LogP) is 1.60. The number of ether oxygens (including phenoxy) is 1. The Morgan fingerprint density at radius 3 is 2.40 bits per heavy atom. The van der Waals surface area contributed by atoms with Gasteiger partial charge in [-0.05, 0) is 12.5 Å². The molecule has 0 saturated carbocycles. The molecule has 0 aliphatic carbocycles. The van der Waals surface area contributed by atoms with Gasteiger partial charge in [0.2, 0.25) is 11.9 Å². The fourth-order valence-electron chi connectivity index (χ4n) is 3.29. The van der Waals surface area contributed by atoms with Crippen LogP contribution in [-0.2, 0) is 9.53 Å². The SMILES string of the molecule is CCOC(=O)c1cnc(N2CCN(C(/C=C/c3ccccc3)C(=O)NC)CC2)nc1. The number of amides is 1. The molecule has 1 unspecified atom stereocenters. The zero-order valence-corrected chi connectivity index (χ0v) is 17.3. The summed E-state index contributed by atoms with van der Waals surface area (Å²) in [6, 6.07) is 9.58. The zero-order chi connectivity index (χ0) is 21.3. The number of rotatable bonds is 7. The van der Waals surface area contributed by atoms with Gasteiger partial charge >= 0.3 is 5.97 Å². The minimum atomic E-state index is -0.424. The predicted molar refractivity (Wildman–Crippen MR) is 115 cm³/mol. The second-order valence-corrected chi connectivity index (χ2v) is 6.84. The Kier molecular flexibility index (Phi) is 7.51. The van der Waals surface area contributed by atoms with Crippen molar-refractivity contribution in [2.75, 3.05) is 44.7 Å². The van der Waals surface area contributed by atoms with Gasteiger partial charge in [0.1, 0.15) is 6.04 Å². The van der Waals surface area contributed by atoms with E-state index in [2.05, 4.69) is 20.2 Å². The van der Waals surface area contributed by atoms with Crippen LogP contribution in [0, 0.1) is 0 Å². The molecule has 2 aromatic rings. The highest BCUT2D eigenvalue weighted by Gasteiger charge is 2.27. The van der Waals surface area contributed by atoms with Gasteiger partial charge in [-0.3, -0.25) is 9.69 Å².